The summed E-state index contributed by atoms with van der Waals surface area (Å²) in [5.74, 6) is 0. The van der Waals surface area contributed by atoms with E-state index in [2.05, 4.69) is 4.98 Å². The standard InChI is InChI=1S/C11H13N3O/c1-13(2)9-4-5-12-10-8(7-15)6-14(3)11(9)10/h4-7H,1-3H3. The predicted molar refractivity (Wildman–Crippen MR) is 60.4 cm³/mol. The molecule has 0 radical (unpaired) electrons. The summed E-state index contributed by atoms with van der Waals surface area (Å²) < 4.78 is 1.93. The van der Waals surface area contributed by atoms with Crippen LogP contribution in [0.2, 0.25) is 0 Å². The highest BCUT2D eigenvalue weighted by molar-refractivity contribution is 6.00. The summed E-state index contributed by atoms with van der Waals surface area (Å²) in [6.07, 6.45) is 4.37. The third kappa shape index (κ3) is 1.38. The topological polar surface area (TPSA) is 38.1 Å². The van der Waals surface area contributed by atoms with Crippen molar-refractivity contribution in [2.45, 2.75) is 0 Å². The van der Waals surface area contributed by atoms with Gasteiger partial charge in [0.2, 0.25) is 0 Å². The molecule has 0 aliphatic heterocycles. The number of nitrogens with zero attached hydrogens (tertiary/aromatic N) is 3. The van der Waals surface area contributed by atoms with Crippen molar-refractivity contribution in [3.05, 3.63) is 24.0 Å². The summed E-state index contributed by atoms with van der Waals surface area (Å²) in [7, 11) is 5.87. The molecular formula is C11H13N3O. The molecule has 4 nitrogen and oxygen atoms in total. The first-order valence-electron chi connectivity index (χ1n) is 4.71. The molecule has 2 aromatic rings. The smallest absolute Gasteiger partial charge is 0.153 e. The first-order valence-corrected chi connectivity index (χ1v) is 4.71. The zero-order valence-electron chi connectivity index (χ0n) is 9.06. The monoisotopic (exact) mass is 203 g/mol. The van der Waals surface area contributed by atoms with Crippen LogP contribution in [-0.4, -0.2) is 29.9 Å². The van der Waals surface area contributed by atoms with Crippen molar-refractivity contribution in [1.29, 1.82) is 0 Å². The second kappa shape index (κ2) is 3.38. The molecule has 0 saturated carbocycles. The molecule has 0 aromatic carbocycles. The Labute approximate surface area is 88.1 Å². The van der Waals surface area contributed by atoms with Crippen molar-refractivity contribution in [1.82, 2.24) is 9.55 Å². The van der Waals surface area contributed by atoms with Crippen LogP contribution in [0, 0.1) is 0 Å². The number of anilines is 1. The van der Waals surface area contributed by atoms with Gasteiger partial charge in [-0.15, -0.1) is 0 Å². The molecular weight excluding hydrogens is 190 g/mol. The molecule has 2 aromatic heterocycles. The summed E-state index contributed by atoms with van der Waals surface area (Å²) in [5, 5.41) is 0. The van der Waals surface area contributed by atoms with Gasteiger partial charge in [-0.1, -0.05) is 0 Å². The lowest BCUT2D eigenvalue weighted by atomic mass is 10.2. The Hall–Kier alpha value is -1.84. The zero-order valence-corrected chi connectivity index (χ0v) is 9.06. The maximum absolute atomic E-state index is 10.8. The number of pyridine rings is 1. The molecule has 0 spiro atoms. The van der Waals surface area contributed by atoms with Crippen LogP contribution in [-0.2, 0) is 7.05 Å². The number of hydrogen-bond acceptors (Lipinski definition) is 3. The Morgan fingerprint density at radius 3 is 2.80 bits per heavy atom. The van der Waals surface area contributed by atoms with Crippen molar-refractivity contribution < 1.29 is 4.79 Å². The van der Waals surface area contributed by atoms with E-state index >= 15 is 0 Å². The molecule has 2 heterocycles. The molecule has 0 N–H and O–H groups in total. The molecule has 0 amide bonds. The van der Waals surface area contributed by atoms with Crippen LogP contribution < -0.4 is 4.90 Å². The molecule has 0 bridgehead atoms. The van der Waals surface area contributed by atoms with E-state index in [0.717, 1.165) is 23.0 Å². The van der Waals surface area contributed by atoms with Crippen LogP contribution in [0.15, 0.2) is 18.5 Å². The third-order valence-corrected chi connectivity index (χ3v) is 2.47. The lowest BCUT2D eigenvalue weighted by Gasteiger charge is -2.14. The molecule has 15 heavy (non-hydrogen) atoms. The number of rotatable bonds is 2. The molecule has 0 fully saturated rings. The van der Waals surface area contributed by atoms with Crippen LogP contribution in [0.1, 0.15) is 10.4 Å². The number of aryl methyl sites for hydroxylation is 1. The van der Waals surface area contributed by atoms with Crippen molar-refractivity contribution in [3.63, 3.8) is 0 Å². The first-order chi connectivity index (χ1) is 7.15. The highest BCUT2D eigenvalue weighted by Crippen LogP contribution is 2.26. The number of aromatic nitrogens is 2. The van der Waals surface area contributed by atoms with Gasteiger partial charge in [-0.05, 0) is 6.07 Å². The van der Waals surface area contributed by atoms with Gasteiger partial charge in [0.15, 0.2) is 6.29 Å². The second-order valence-electron chi connectivity index (χ2n) is 3.73. The van der Waals surface area contributed by atoms with Crippen molar-refractivity contribution in [3.8, 4) is 0 Å². The Kier molecular flexibility index (Phi) is 2.19. The van der Waals surface area contributed by atoms with Gasteiger partial charge in [0.1, 0.15) is 5.52 Å². The number of aldehydes is 1. The first kappa shape index (κ1) is 9.71. The average molecular weight is 203 g/mol. The summed E-state index contributed by atoms with van der Waals surface area (Å²) in [6, 6.07) is 1.94. The fraction of sp³-hybridized carbons (Fsp3) is 0.273. The van der Waals surface area contributed by atoms with E-state index in [4.69, 9.17) is 0 Å². The summed E-state index contributed by atoms with van der Waals surface area (Å²) in [6.45, 7) is 0. The molecule has 0 saturated heterocycles. The molecule has 0 unspecified atom stereocenters. The fourth-order valence-electron chi connectivity index (χ4n) is 1.78. The summed E-state index contributed by atoms with van der Waals surface area (Å²) in [5.41, 5.74) is 3.45. The molecule has 0 aliphatic rings. The highest BCUT2D eigenvalue weighted by Gasteiger charge is 2.11. The van der Waals surface area contributed by atoms with E-state index < -0.39 is 0 Å². The SMILES string of the molecule is CN(C)c1ccnc2c(C=O)cn(C)c12. The number of carbonyl (C=O) groups is 1. The molecule has 0 atom stereocenters. The van der Waals surface area contributed by atoms with Crippen molar-refractivity contribution in [2.24, 2.45) is 7.05 Å². The van der Waals surface area contributed by atoms with Crippen LogP contribution >= 0.6 is 0 Å². The van der Waals surface area contributed by atoms with Gasteiger partial charge < -0.3 is 9.47 Å². The average Bonchev–Trinajstić information content (AvgIpc) is 2.55. The summed E-state index contributed by atoms with van der Waals surface area (Å²) in [4.78, 5) is 17.1. The Balaban J connectivity index is 2.85. The minimum atomic E-state index is 0.635. The zero-order chi connectivity index (χ0) is 11.0. The van der Waals surface area contributed by atoms with Gasteiger partial charge in [0.25, 0.3) is 0 Å². The van der Waals surface area contributed by atoms with Crippen LogP contribution in [0.4, 0.5) is 5.69 Å². The second-order valence-corrected chi connectivity index (χ2v) is 3.73. The quantitative estimate of drug-likeness (QED) is 0.693. The van der Waals surface area contributed by atoms with E-state index in [1.807, 2.05) is 36.7 Å². The van der Waals surface area contributed by atoms with E-state index in [9.17, 15) is 4.79 Å². The molecule has 0 aliphatic carbocycles. The minimum absolute atomic E-state index is 0.635. The van der Waals surface area contributed by atoms with Crippen molar-refractivity contribution in [2.75, 3.05) is 19.0 Å². The van der Waals surface area contributed by atoms with Crippen molar-refractivity contribution >= 4 is 23.0 Å². The normalized spacial score (nSPS) is 10.6. The Morgan fingerprint density at radius 2 is 2.20 bits per heavy atom. The van der Waals surface area contributed by atoms with E-state index in [1.54, 1.807) is 12.4 Å². The highest BCUT2D eigenvalue weighted by atomic mass is 16.1. The van der Waals surface area contributed by atoms with Gasteiger partial charge in [-0.2, -0.15) is 0 Å². The van der Waals surface area contributed by atoms with Crippen LogP contribution in [0.5, 0.6) is 0 Å². The van der Waals surface area contributed by atoms with Gasteiger partial charge >= 0.3 is 0 Å². The molecule has 4 heteroatoms. The van der Waals surface area contributed by atoms with Gasteiger partial charge in [0, 0.05) is 33.5 Å². The predicted octanol–water partition coefficient (Wildman–Crippen LogP) is 1.45. The van der Waals surface area contributed by atoms with Crippen LogP contribution in [0.3, 0.4) is 0 Å². The lowest BCUT2D eigenvalue weighted by molar-refractivity contribution is 0.112. The molecule has 2 rings (SSSR count). The Morgan fingerprint density at radius 1 is 1.47 bits per heavy atom. The van der Waals surface area contributed by atoms with E-state index in [-0.39, 0.29) is 0 Å². The maximum Gasteiger partial charge on any atom is 0.153 e. The Bertz CT molecular complexity index is 514. The van der Waals surface area contributed by atoms with E-state index in [1.165, 1.54) is 0 Å². The minimum Gasteiger partial charge on any atom is -0.376 e. The van der Waals surface area contributed by atoms with E-state index in [0.29, 0.717) is 5.56 Å². The fourth-order valence-corrected chi connectivity index (χ4v) is 1.78. The number of fused-ring (bicyclic) bond motifs is 1. The third-order valence-electron chi connectivity index (χ3n) is 2.47. The lowest BCUT2D eigenvalue weighted by Crippen LogP contribution is -2.10. The largest absolute Gasteiger partial charge is 0.376 e. The summed E-state index contributed by atoms with van der Waals surface area (Å²) >= 11 is 0. The molecule has 78 valence electrons. The van der Waals surface area contributed by atoms with Gasteiger partial charge in [-0.3, -0.25) is 9.78 Å². The number of hydrogen-bond donors (Lipinski definition) is 0. The number of carbonyl (C=O) groups excluding carboxylic acids is 1. The van der Waals surface area contributed by atoms with Gasteiger partial charge in [-0.25, -0.2) is 0 Å². The maximum atomic E-state index is 10.8. The van der Waals surface area contributed by atoms with Gasteiger partial charge in [0.05, 0.1) is 16.8 Å². The van der Waals surface area contributed by atoms with Crippen LogP contribution in [0.25, 0.3) is 11.0 Å².